The van der Waals surface area contributed by atoms with Gasteiger partial charge in [-0.1, -0.05) is 17.7 Å². The highest BCUT2D eigenvalue weighted by molar-refractivity contribution is 6.31. The number of carbonyl (C=O) groups is 2. The average molecular weight is 389 g/mol. The normalized spacial score (nSPS) is 14.2. The molecule has 7 heteroatoms. The minimum atomic E-state index is -1.09. The molecule has 2 amide bonds. The molecule has 2 aromatic rings. The van der Waals surface area contributed by atoms with Crippen molar-refractivity contribution in [2.45, 2.75) is 19.8 Å². The van der Waals surface area contributed by atoms with Crippen molar-refractivity contribution in [3.05, 3.63) is 47.0 Å². The molecule has 0 bridgehead atoms. The van der Waals surface area contributed by atoms with Crippen molar-refractivity contribution in [3.63, 3.8) is 0 Å². The number of halogens is 1. The predicted molar refractivity (Wildman–Crippen MR) is 105 cm³/mol. The lowest BCUT2D eigenvalue weighted by Crippen LogP contribution is -2.35. The molecule has 1 aliphatic carbocycles. The Morgan fingerprint density at radius 3 is 2.26 bits per heavy atom. The predicted octanol–water partition coefficient (Wildman–Crippen LogP) is 4.02. The van der Waals surface area contributed by atoms with Crippen LogP contribution in [0, 0.1) is 12.3 Å². The minimum absolute atomic E-state index is 0.341. The average Bonchev–Trinajstić information content (AvgIpc) is 3.47. The van der Waals surface area contributed by atoms with Crippen LogP contribution >= 0.6 is 11.6 Å². The lowest BCUT2D eigenvalue weighted by molar-refractivity contribution is -0.131. The number of hydrogen-bond acceptors (Lipinski definition) is 4. The standard InChI is InChI=1S/C20H21ClN2O4/c1-12-14(21)5-4-6-15(12)22-18(24)20(9-10-20)19(25)23-16-11-13(26-2)7-8-17(16)27-3/h4-8,11H,9-10H2,1-3H3,(H,22,24)(H,23,25). The summed E-state index contributed by atoms with van der Waals surface area (Å²) in [6.45, 7) is 1.82. The SMILES string of the molecule is COc1ccc(OC)c(NC(=O)C2(C(=O)Nc3cccc(Cl)c3C)CC2)c1. The summed E-state index contributed by atoms with van der Waals surface area (Å²) >= 11 is 6.10. The van der Waals surface area contributed by atoms with Crippen molar-refractivity contribution >= 4 is 34.8 Å². The van der Waals surface area contributed by atoms with Gasteiger partial charge in [-0.15, -0.1) is 0 Å². The van der Waals surface area contributed by atoms with Gasteiger partial charge in [-0.25, -0.2) is 0 Å². The largest absolute Gasteiger partial charge is 0.497 e. The highest BCUT2D eigenvalue weighted by Gasteiger charge is 2.56. The van der Waals surface area contributed by atoms with Crippen LogP contribution in [0.1, 0.15) is 18.4 Å². The van der Waals surface area contributed by atoms with Crippen LogP contribution in [0.25, 0.3) is 0 Å². The van der Waals surface area contributed by atoms with E-state index in [2.05, 4.69) is 10.6 Å². The lowest BCUT2D eigenvalue weighted by atomic mass is 10.0. The second-order valence-corrected chi connectivity index (χ2v) is 6.88. The molecule has 2 N–H and O–H groups in total. The number of nitrogens with one attached hydrogen (secondary N) is 2. The van der Waals surface area contributed by atoms with Crippen LogP contribution < -0.4 is 20.1 Å². The molecule has 1 saturated carbocycles. The van der Waals surface area contributed by atoms with Crippen LogP contribution in [-0.4, -0.2) is 26.0 Å². The maximum Gasteiger partial charge on any atom is 0.240 e. The van der Waals surface area contributed by atoms with Crippen LogP contribution in [0.3, 0.4) is 0 Å². The van der Waals surface area contributed by atoms with E-state index >= 15 is 0 Å². The van der Waals surface area contributed by atoms with E-state index < -0.39 is 5.41 Å². The van der Waals surface area contributed by atoms with Gasteiger partial charge in [0.15, 0.2) is 0 Å². The van der Waals surface area contributed by atoms with E-state index in [4.69, 9.17) is 21.1 Å². The molecule has 0 aromatic heterocycles. The van der Waals surface area contributed by atoms with Crippen LogP contribution in [0.4, 0.5) is 11.4 Å². The summed E-state index contributed by atoms with van der Waals surface area (Å²) < 4.78 is 10.5. The smallest absolute Gasteiger partial charge is 0.240 e. The van der Waals surface area contributed by atoms with E-state index in [1.165, 1.54) is 14.2 Å². The molecule has 142 valence electrons. The van der Waals surface area contributed by atoms with Crippen LogP contribution in [-0.2, 0) is 9.59 Å². The van der Waals surface area contributed by atoms with Gasteiger partial charge in [-0.3, -0.25) is 9.59 Å². The molecule has 0 heterocycles. The molecular weight excluding hydrogens is 368 g/mol. The molecule has 1 fully saturated rings. The molecule has 0 spiro atoms. The van der Waals surface area contributed by atoms with Crippen molar-refractivity contribution in [1.82, 2.24) is 0 Å². The molecule has 3 rings (SSSR count). The van der Waals surface area contributed by atoms with Gasteiger partial charge in [-0.2, -0.15) is 0 Å². The highest BCUT2D eigenvalue weighted by atomic mass is 35.5. The molecule has 0 unspecified atom stereocenters. The van der Waals surface area contributed by atoms with Crippen molar-refractivity contribution < 1.29 is 19.1 Å². The number of hydrogen-bond donors (Lipinski definition) is 2. The van der Waals surface area contributed by atoms with E-state index in [0.29, 0.717) is 40.7 Å². The first-order valence-corrected chi connectivity index (χ1v) is 8.89. The minimum Gasteiger partial charge on any atom is -0.497 e. The first-order valence-electron chi connectivity index (χ1n) is 8.51. The molecule has 0 radical (unpaired) electrons. The zero-order valence-corrected chi connectivity index (χ0v) is 16.1. The summed E-state index contributed by atoms with van der Waals surface area (Å²) in [6, 6.07) is 10.4. The summed E-state index contributed by atoms with van der Waals surface area (Å²) in [5.74, 6) is 0.361. The van der Waals surface area contributed by atoms with Crippen molar-refractivity contribution in [1.29, 1.82) is 0 Å². The molecule has 6 nitrogen and oxygen atoms in total. The van der Waals surface area contributed by atoms with Crippen molar-refractivity contribution in [2.24, 2.45) is 5.41 Å². The zero-order valence-electron chi connectivity index (χ0n) is 15.4. The Morgan fingerprint density at radius 1 is 1.00 bits per heavy atom. The van der Waals surface area contributed by atoms with E-state index in [0.717, 1.165) is 5.56 Å². The fourth-order valence-corrected chi connectivity index (χ4v) is 3.00. The third kappa shape index (κ3) is 3.71. The van der Waals surface area contributed by atoms with Gasteiger partial charge in [0.2, 0.25) is 11.8 Å². The number of anilines is 2. The van der Waals surface area contributed by atoms with Gasteiger partial charge >= 0.3 is 0 Å². The van der Waals surface area contributed by atoms with Crippen LogP contribution in [0.2, 0.25) is 5.02 Å². The fraction of sp³-hybridized carbons (Fsp3) is 0.300. The van der Waals surface area contributed by atoms with Gasteiger partial charge in [0.25, 0.3) is 0 Å². The Labute approximate surface area is 162 Å². The quantitative estimate of drug-likeness (QED) is 0.732. The van der Waals surface area contributed by atoms with E-state index in [1.54, 1.807) is 36.4 Å². The summed E-state index contributed by atoms with van der Waals surface area (Å²) in [7, 11) is 3.05. The lowest BCUT2D eigenvalue weighted by Gasteiger charge is -2.18. The Bertz CT molecular complexity index is 894. The zero-order chi connectivity index (χ0) is 19.6. The maximum absolute atomic E-state index is 12.9. The Balaban J connectivity index is 1.78. The summed E-state index contributed by atoms with van der Waals surface area (Å²) in [6.07, 6.45) is 0.965. The number of ether oxygens (including phenoxy) is 2. The van der Waals surface area contributed by atoms with E-state index in [1.807, 2.05) is 6.92 Å². The number of carbonyl (C=O) groups excluding carboxylic acids is 2. The highest BCUT2D eigenvalue weighted by Crippen LogP contribution is 2.48. The first-order chi connectivity index (χ1) is 12.9. The van der Waals surface area contributed by atoms with Gasteiger partial charge in [0.1, 0.15) is 16.9 Å². The Hall–Kier alpha value is -2.73. The van der Waals surface area contributed by atoms with Crippen molar-refractivity contribution in [2.75, 3.05) is 24.9 Å². The molecule has 1 aliphatic rings. The molecule has 0 aliphatic heterocycles. The third-order valence-corrected chi connectivity index (χ3v) is 5.20. The molecule has 27 heavy (non-hydrogen) atoms. The van der Waals surface area contributed by atoms with Crippen molar-refractivity contribution in [3.8, 4) is 11.5 Å². The van der Waals surface area contributed by atoms with Crippen LogP contribution in [0.5, 0.6) is 11.5 Å². The Kier molecular flexibility index (Phi) is 5.28. The van der Waals surface area contributed by atoms with Gasteiger partial charge in [0, 0.05) is 16.8 Å². The summed E-state index contributed by atoms with van der Waals surface area (Å²) in [4.78, 5) is 25.7. The van der Waals surface area contributed by atoms with Gasteiger partial charge < -0.3 is 20.1 Å². The number of methoxy groups -OCH3 is 2. The molecule has 0 atom stereocenters. The van der Waals surface area contributed by atoms with Gasteiger partial charge in [-0.05, 0) is 49.6 Å². The Morgan fingerprint density at radius 2 is 1.67 bits per heavy atom. The number of benzene rings is 2. The summed E-state index contributed by atoms with van der Waals surface area (Å²) in [5, 5.41) is 6.19. The number of amides is 2. The van der Waals surface area contributed by atoms with E-state index in [9.17, 15) is 9.59 Å². The third-order valence-electron chi connectivity index (χ3n) is 4.79. The van der Waals surface area contributed by atoms with Crippen LogP contribution in [0.15, 0.2) is 36.4 Å². The molecular formula is C20H21ClN2O4. The topological polar surface area (TPSA) is 76.7 Å². The maximum atomic E-state index is 12.9. The number of rotatable bonds is 6. The van der Waals surface area contributed by atoms with Gasteiger partial charge in [0.05, 0.1) is 19.9 Å². The molecule has 2 aromatic carbocycles. The second-order valence-electron chi connectivity index (χ2n) is 6.47. The monoisotopic (exact) mass is 388 g/mol. The van der Waals surface area contributed by atoms with E-state index in [-0.39, 0.29) is 11.8 Å². The molecule has 0 saturated heterocycles. The summed E-state index contributed by atoms with van der Waals surface area (Å²) in [5.41, 5.74) is 0.728. The second kappa shape index (κ2) is 7.48. The first kappa shape index (κ1) is 19.0. The fourth-order valence-electron chi connectivity index (χ4n) is 2.82.